The second-order valence-electron chi connectivity index (χ2n) is 5.64. The van der Waals surface area contributed by atoms with Crippen LogP contribution in [0, 0.1) is 34.6 Å². The molecule has 0 radical (unpaired) electrons. The number of rotatable bonds is 3. The van der Waals surface area contributed by atoms with Crippen LogP contribution in [0.5, 0.6) is 0 Å². The molecule has 1 unspecified atom stereocenters. The van der Waals surface area contributed by atoms with Crippen LogP contribution < -0.4 is 0 Å². The van der Waals surface area contributed by atoms with Crippen LogP contribution in [0.25, 0.3) is 0 Å². The Bertz CT molecular complexity index is 657. The van der Waals surface area contributed by atoms with E-state index < -0.39 is 5.38 Å². The highest BCUT2D eigenvalue weighted by atomic mass is 35.5. The zero-order valence-corrected chi connectivity index (χ0v) is 14.0. The van der Waals surface area contributed by atoms with Crippen molar-refractivity contribution in [2.75, 3.05) is 0 Å². The van der Waals surface area contributed by atoms with Crippen LogP contribution in [-0.4, -0.2) is 5.78 Å². The molecular weight excluding hydrogens is 280 g/mol. The molecule has 0 aliphatic heterocycles. The van der Waals surface area contributed by atoms with Crippen LogP contribution in [0.1, 0.15) is 49.1 Å². The molecule has 2 aromatic rings. The van der Waals surface area contributed by atoms with Crippen molar-refractivity contribution in [3.05, 3.63) is 69.3 Å². The summed E-state index contributed by atoms with van der Waals surface area (Å²) in [6, 6.07) is 9.53. The van der Waals surface area contributed by atoms with Gasteiger partial charge in [-0.05, 0) is 68.0 Å². The van der Waals surface area contributed by atoms with E-state index in [9.17, 15) is 4.79 Å². The number of carbonyl (C=O) groups excluding carboxylic acids is 1. The summed E-state index contributed by atoms with van der Waals surface area (Å²) < 4.78 is 0. The molecule has 21 heavy (non-hydrogen) atoms. The largest absolute Gasteiger partial charge is 0.292 e. The Labute approximate surface area is 132 Å². The Balaban J connectivity index is 2.55. The first-order chi connectivity index (χ1) is 9.86. The van der Waals surface area contributed by atoms with E-state index in [2.05, 4.69) is 20.8 Å². The maximum absolute atomic E-state index is 12.9. The molecule has 1 nitrogen and oxygen atoms in total. The van der Waals surface area contributed by atoms with Gasteiger partial charge in [-0.15, -0.1) is 11.6 Å². The number of hydrogen-bond acceptors (Lipinski definition) is 1. The van der Waals surface area contributed by atoms with E-state index in [0.717, 1.165) is 22.3 Å². The smallest absolute Gasteiger partial charge is 0.185 e. The van der Waals surface area contributed by atoms with Gasteiger partial charge in [-0.1, -0.05) is 30.3 Å². The van der Waals surface area contributed by atoms with Gasteiger partial charge >= 0.3 is 0 Å². The van der Waals surface area contributed by atoms with Crippen molar-refractivity contribution in [1.29, 1.82) is 0 Å². The van der Waals surface area contributed by atoms with Crippen molar-refractivity contribution in [2.24, 2.45) is 0 Å². The van der Waals surface area contributed by atoms with Gasteiger partial charge in [0.1, 0.15) is 5.38 Å². The lowest BCUT2D eigenvalue weighted by Gasteiger charge is -2.19. The average Bonchev–Trinajstić information content (AvgIpc) is 2.51. The maximum Gasteiger partial charge on any atom is 0.185 e. The Morgan fingerprint density at radius 3 is 1.71 bits per heavy atom. The first-order valence-electron chi connectivity index (χ1n) is 7.16. The lowest BCUT2D eigenvalue weighted by Crippen LogP contribution is -2.14. The third-order valence-corrected chi connectivity index (χ3v) is 5.02. The van der Waals surface area contributed by atoms with Gasteiger partial charge in [-0.2, -0.15) is 0 Å². The SMILES string of the molecule is Cc1c(C)c(C)c(C(=O)C(Cl)c2ccccc2)c(C)c1C. The topological polar surface area (TPSA) is 17.1 Å². The minimum atomic E-state index is -0.634. The highest BCUT2D eigenvalue weighted by Crippen LogP contribution is 2.32. The maximum atomic E-state index is 12.9. The van der Waals surface area contributed by atoms with Gasteiger partial charge in [0.25, 0.3) is 0 Å². The summed E-state index contributed by atoms with van der Waals surface area (Å²) in [4.78, 5) is 12.9. The highest BCUT2D eigenvalue weighted by molar-refractivity contribution is 6.34. The number of ketones is 1. The van der Waals surface area contributed by atoms with Crippen molar-refractivity contribution < 1.29 is 4.79 Å². The molecule has 0 aliphatic rings. The van der Waals surface area contributed by atoms with Gasteiger partial charge in [0.2, 0.25) is 0 Å². The molecule has 110 valence electrons. The molecule has 0 saturated carbocycles. The molecule has 2 rings (SSSR count). The summed E-state index contributed by atoms with van der Waals surface area (Å²) in [7, 11) is 0. The summed E-state index contributed by atoms with van der Waals surface area (Å²) in [6.07, 6.45) is 0. The summed E-state index contributed by atoms with van der Waals surface area (Å²) in [5.74, 6) is -0.0101. The molecule has 1 atom stereocenters. The minimum absolute atomic E-state index is 0.0101. The van der Waals surface area contributed by atoms with E-state index in [0.29, 0.717) is 0 Å². The molecule has 2 heteroatoms. The summed E-state index contributed by atoms with van der Waals surface area (Å²) >= 11 is 6.43. The highest BCUT2D eigenvalue weighted by Gasteiger charge is 2.24. The van der Waals surface area contributed by atoms with Crippen LogP contribution in [0.4, 0.5) is 0 Å². The van der Waals surface area contributed by atoms with Crippen molar-refractivity contribution in [3.8, 4) is 0 Å². The van der Waals surface area contributed by atoms with Crippen LogP contribution in [-0.2, 0) is 0 Å². The first-order valence-corrected chi connectivity index (χ1v) is 7.60. The van der Waals surface area contributed by atoms with Gasteiger partial charge in [0.15, 0.2) is 5.78 Å². The zero-order valence-electron chi connectivity index (χ0n) is 13.3. The van der Waals surface area contributed by atoms with Gasteiger partial charge in [0.05, 0.1) is 0 Å². The number of benzene rings is 2. The predicted molar refractivity (Wildman–Crippen MR) is 89.5 cm³/mol. The van der Waals surface area contributed by atoms with Gasteiger partial charge in [-0.3, -0.25) is 4.79 Å². The Hall–Kier alpha value is -1.60. The van der Waals surface area contributed by atoms with E-state index in [-0.39, 0.29) is 5.78 Å². The Kier molecular flexibility index (Phi) is 4.53. The second kappa shape index (κ2) is 6.03. The van der Waals surface area contributed by atoms with Gasteiger partial charge in [-0.25, -0.2) is 0 Å². The Morgan fingerprint density at radius 1 is 0.810 bits per heavy atom. The molecule has 0 bridgehead atoms. The van der Waals surface area contributed by atoms with Crippen LogP contribution in [0.15, 0.2) is 30.3 Å². The number of halogens is 1. The Morgan fingerprint density at radius 2 is 1.24 bits per heavy atom. The quantitative estimate of drug-likeness (QED) is 0.548. The van der Waals surface area contributed by atoms with E-state index >= 15 is 0 Å². The summed E-state index contributed by atoms with van der Waals surface area (Å²) in [5.41, 5.74) is 7.33. The van der Waals surface area contributed by atoms with E-state index in [1.807, 2.05) is 44.2 Å². The first kappa shape index (κ1) is 15.8. The van der Waals surface area contributed by atoms with Crippen LogP contribution in [0.3, 0.4) is 0 Å². The molecule has 0 amide bonds. The molecule has 0 heterocycles. The van der Waals surface area contributed by atoms with Crippen LogP contribution >= 0.6 is 11.6 Å². The number of Topliss-reactive ketones (excluding diaryl/α,β-unsaturated/α-hetero) is 1. The van der Waals surface area contributed by atoms with E-state index in [1.54, 1.807) is 0 Å². The molecule has 0 N–H and O–H groups in total. The number of carbonyl (C=O) groups is 1. The molecule has 2 aromatic carbocycles. The second-order valence-corrected chi connectivity index (χ2v) is 6.07. The minimum Gasteiger partial charge on any atom is -0.292 e. The fourth-order valence-electron chi connectivity index (χ4n) is 2.77. The van der Waals surface area contributed by atoms with Gasteiger partial charge < -0.3 is 0 Å². The molecule has 0 saturated heterocycles. The van der Waals surface area contributed by atoms with Crippen molar-refractivity contribution in [3.63, 3.8) is 0 Å². The van der Waals surface area contributed by atoms with Crippen molar-refractivity contribution >= 4 is 17.4 Å². The summed E-state index contributed by atoms with van der Waals surface area (Å²) in [6.45, 7) is 10.3. The third kappa shape index (κ3) is 2.75. The fourth-order valence-corrected chi connectivity index (χ4v) is 3.02. The van der Waals surface area contributed by atoms with Gasteiger partial charge in [0, 0.05) is 5.56 Å². The molecule has 0 aliphatic carbocycles. The van der Waals surface area contributed by atoms with Crippen molar-refractivity contribution in [1.82, 2.24) is 0 Å². The normalized spacial score (nSPS) is 12.3. The third-order valence-electron chi connectivity index (χ3n) is 4.57. The van der Waals surface area contributed by atoms with Crippen molar-refractivity contribution in [2.45, 2.75) is 40.0 Å². The average molecular weight is 301 g/mol. The van der Waals surface area contributed by atoms with Crippen LogP contribution in [0.2, 0.25) is 0 Å². The van der Waals surface area contributed by atoms with E-state index in [4.69, 9.17) is 11.6 Å². The predicted octanol–water partition coefficient (Wildman–Crippen LogP) is 5.39. The lowest BCUT2D eigenvalue weighted by atomic mass is 9.86. The molecule has 0 fully saturated rings. The monoisotopic (exact) mass is 300 g/mol. The molecular formula is C19H21ClO. The number of alkyl halides is 1. The molecule has 0 aromatic heterocycles. The zero-order chi connectivity index (χ0) is 15.7. The number of hydrogen-bond donors (Lipinski definition) is 0. The summed E-state index contributed by atoms with van der Waals surface area (Å²) in [5, 5.41) is -0.634. The fraction of sp³-hybridized carbons (Fsp3) is 0.316. The molecule has 0 spiro atoms. The standard InChI is InChI=1S/C19H21ClO/c1-11-12(2)14(4)17(15(5)13(11)3)19(21)18(20)16-9-7-6-8-10-16/h6-10,18H,1-5H3. The van der Waals surface area contributed by atoms with E-state index in [1.165, 1.54) is 16.7 Å². The lowest BCUT2D eigenvalue weighted by molar-refractivity contribution is 0.0985.